The normalized spacial score (nSPS) is 21.0. The quantitative estimate of drug-likeness (QED) is 0.805. The highest BCUT2D eigenvalue weighted by Gasteiger charge is 2.34. The molecule has 0 aromatic carbocycles. The van der Waals surface area contributed by atoms with E-state index in [2.05, 4.69) is 10.3 Å². The van der Waals surface area contributed by atoms with Gasteiger partial charge in [-0.05, 0) is 43.4 Å². The van der Waals surface area contributed by atoms with E-state index in [4.69, 9.17) is 0 Å². The highest BCUT2D eigenvalue weighted by Crippen LogP contribution is 2.22. The van der Waals surface area contributed by atoms with Gasteiger partial charge in [0.05, 0.1) is 6.54 Å². The van der Waals surface area contributed by atoms with Gasteiger partial charge >= 0.3 is 6.03 Å². The zero-order valence-corrected chi connectivity index (χ0v) is 12.9. The standard InChI is InChI=1S/C16H20N4O3/c21-14-10-18-16(23)20(14)11-15(22)19-9-1-2-13(19)4-3-12-5-7-17-8-6-12/h5-8,13H,1-4,9-11H2,(H,18,23)/t13-/m0/s1. The van der Waals surface area contributed by atoms with Crippen LogP contribution in [0.15, 0.2) is 24.5 Å². The van der Waals surface area contributed by atoms with Crippen LogP contribution in [0.1, 0.15) is 24.8 Å². The molecule has 23 heavy (non-hydrogen) atoms. The van der Waals surface area contributed by atoms with Crippen molar-refractivity contribution in [3.8, 4) is 0 Å². The average Bonchev–Trinajstić information content (AvgIpc) is 3.15. The number of pyridine rings is 1. The van der Waals surface area contributed by atoms with Crippen LogP contribution in [0, 0.1) is 0 Å². The number of nitrogens with one attached hydrogen (secondary N) is 1. The first-order valence-electron chi connectivity index (χ1n) is 7.91. The van der Waals surface area contributed by atoms with E-state index >= 15 is 0 Å². The highest BCUT2D eigenvalue weighted by atomic mass is 16.2. The van der Waals surface area contributed by atoms with Crippen molar-refractivity contribution >= 4 is 17.8 Å². The average molecular weight is 316 g/mol. The molecule has 1 aromatic rings. The Kier molecular flexibility index (Phi) is 4.55. The predicted octanol–water partition coefficient (Wildman–Crippen LogP) is 0.557. The SMILES string of the molecule is O=C1CNC(=O)N1CC(=O)N1CCC[C@H]1CCc1ccncc1. The Hall–Kier alpha value is -2.44. The Bertz CT molecular complexity index is 589. The van der Waals surface area contributed by atoms with Crippen molar-refractivity contribution in [2.45, 2.75) is 31.7 Å². The molecule has 2 fully saturated rings. The molecule has 1 N–H and O–H groups in total. The molecule has 1 aromatic heterocycles. The highest BCUT2D eigenvalue weighted by molar-refractivity contribution is 6.04. The Morgan fingerprint density at radius 1 is 1.30 bits per heavy atom. The van der Waals surface area contributed by atoms with Gasteiger partial charge in [-0.2, -0.15) is 0 Å². The summed E-state index contributed by atoms with van der Waals surface area (Å²) >= 11 is 0. The number of carbonyl (C=O) groups is 3. The van der Waals surface area contributed by atoms with E-state index < -0.39 is 6.03 Å². The fraction of sp³-hybridized carbons (Fsp3) is 0.500. The second kappa shape index (κ2) is 6.76. The van der Waals surface area contributed by atoms with Crippen LogP contribution in [0.3, 0.4) is 0 Å². The lowest BCUT2D eigenvalue weighted by atomic mass is 10.0. The van der Waals surface area contributed by atoms with Gasteiger partial charge in [0.15, 0.2) is 0 Å². The summed E-state index contributed by atoms with van der Waals surface area (Å²) in [4.78, 5) is 42.4. The number of likely N-dealkylation sites (tertiary alicyclic amines) is 1. The maximum atomic E-state index is 12.5. The third-order valence-electron chi connectivity index (χ3n) is 4.44. The van der Waals surface area contributed by atoms with Crippen molar-refractivity contribution in [3.63, 3.8) is 0 Å². The summed E-state index contributed by atoms with van der Waals surface area (Å²) < 4.78 is 0. The molecule has 4 amide bonds. The molecular formula is C16H20N4O3. The maximum absolute atomic E-state index is 12.5. The molecule has 2 aliphatic rings. The van der Waals surface area contributed by atoms with Gasteiger partial charge in [0, 0.05) is 25.0 Å². The molecule has 0 unspecified atom stereocenters. The van der Waals surface area contributed by atoms with Gasteiger partial charge in [-0.3, -0.25) is 19.5 Å². The summed E-state index contributed by atoms with van der Waals surface area (Å²) in [6, 6.07) is 3.66. The van der Waals surface area contributed by atoms with Gasteiger partial charge in [0.25, 0.3) is 5.91 Å². The van der Waals surface area contributed by atoms with Crippen molar-refractivity contribution in [2.24, 2.45) is 0 Å². The summed E-state index contributed by atoms with van der Waals surface area (Å²) in [5, 5.41) is 2.43. The molecule has 3 heterocycles. The molecule has 0 saturated carbocycles. The van der Waals surface area contributed by atoms with E-state index in [1.54, 1.807) is 12.4 Å². The molecule has 7 heteroatoms. The molecule has 0 spiro atoms. The number of nitrogens with zero attached hydrogens (tertiary/aromatic N) is 3. The molecule has 0 bridgehead atoms. The fourth-order valence-electron chi connectivity index (χ4n) is 3.19. The van der Waals surface area contributed by atoms with Crippen LogP contribution in [-0.2, 0) is 16.0 Å². The molecule has 2 saturated heterocycles. The summed E-state index contributed by atoms with van der Waals surface area (Å²) in [7, 11) is 0. The lowest BCUT2D eigenvalue weighted by Crippen LogP contribution is -2.45. The van der Waals surface area contributed by atoms with Gasteiger partial charge in [0.1, 0.15) is 6.54 Å². The summed E-state index contributed by atoms with van der Waals surface area (Å²) in [5.41, 5.74) is 1.20. The minimum absolute atomic E-state index is 0.0163. The lowest BCUT2D eigenvalue weighted by Gasteiger charge is -2.26. The van der Waals surface area contributed by atoms with Crippen molar-refractivity contribution < 1.29 is 14.4 Å². The zero-order chi connectivity index (χ0) is 16.2. The number of carbonyl (C=O) groups excluding carboxylic acids is 3. The van der Waals surface area contributed by atoms with Gasteiger partial charge < -0.3 is 10.2 Å². The van der Waals surface area contributed by atoms with E-state index in [0.29, 0.717) is 6.54 Å². The second-order valence-electron chi connectivity index (χ2n) is 5.92. The summed E-state index contributed by atoms with van der Waals surface area (Å²) in [5.74, 6) is -0.483. The van der Waals surface area contributed by atoms with E-state index in [1.807, 2.05) is 17.0 Å². The van der Waals surface area contributed by atoms with E-state index in [-0.39, 0.29) is 30.9 Å². The lowest BCUT2D eigenvalue weighted by molar-refractivity contribution is -0.137. The molecular weight excluding hydrogens is 296 g/mol. The Morgan fingerprint density at radius 3 is 2.78 bits per heavy atom. The minimum Gasteiger partial charge on any atom is -0.338 e. The topological polar surface area (TPSA) is 82.6 Å². The molecule has 3 rings (SSSR count). The number of imide groups is 1. The van der Waals surface area contributed by atoms with Gasteiger partial charge in [-0.15, -0.1) is 0 Å². The molecule has 1 atom stereocenters. The first kappa shape index (κ1) is 15.5. The second-order valence-corrected chi connectivity index (χ2v) is 5.92. The number of hydrogen-bond acceptors (Lipinski definition) is 4. The Morgan fingerprint density at radius 2 is 2.09 bits per heavy atom. The molecule has 0 radical (unpaired) electrons. The minimum atomic E-state index is -0.476. The van der Waals surface area contributed by atoms with E-state index in [1.165, 1.54) is 5.56 Å². The number of amides is 4. The largest absolute Gasteiger partial charge is 0.338 e. The number of aryl methyl sites for hydroxylation is 1. The molecule has 0 aliphatic carbocycles. The first-order valence-corrected chi connectivity index (χ1v) is 7.91. The van der Waals surface area contributed by atoms with Gasteiger partial charge in [-0.1, -0.05) is 0 Å². The van der Waals surface area contributed by atoms with Crippen LogP contribution < -0.4 is 5.32 Å². The summed E-state index contributed by atoms with van der Waals surface area (Å²) in [6.45, 7) is 0.525. The van der Waals surface area contributed by atoms with Crippen molar-refractivity contribution in [2.75, 3.05) is 19.6 Å². The first-order chi connectivity index (χ1) is 11.1. The van der Waals surface area contributed by atoms with E-state index in [0.717, 1.165) is 30.6 Å². The van der Waals surface area contributed by atoms with Crippen molar-refractivity contribution in [3.05, 3.63) is 30.1 Å². The maximum Gasteiger partial charge on any atom is 0.325 e. The number of rotatable bonds is 5. The van der Waals surface area contributed by atoms with Crippen molar-refractivity contribution in [1.82, 2.24) is 20.1 Å². The van der Waals surface area contributed by atoms with Crippen molar-refractivity contribution in [1.29, 1.82) is 0 Å². The van der Waals surface area contributed by atoms with Crippen LogP contribution in [0.2, 0.25) is 0 Å². The third kappa shape index (κ3) is 3.49. The number of urea groups is 1. The van der Waals surface area contributed by atoms with Gasteiger partial charge in [0.2, 0.25) is 5.91 Å². The monoisotopic (exact) mass is 316 g/mol. The zero-order valence-electron chi connectivity index (χ0n) is 12.9. The van der Waals surface area contributed by atoms with Crippen LogP contribution in [0.5, 0.6) is 0 Å². The van der Waals surface area contributed by atoms with Crippen LogP contribution >= 0.6 is 0 Å². The van der Waals surface area contributed by atoms with Crippen LogP contribution in [0.25, 0.3) is 0 Å². The summed E-state index contributed by atoms with van der Waals surface area (Å²) in [6.07, 6.45) is 7.24. The fourth-order valence-corrected chi connectivity index (χ4v) is 3.19. The molecule has 7 nitrogen and oxygen atoms in total. The van der Waals surface area contributed by atoms with Gasteiger partial charge in [-0.25, -0.2) is 4.79 Å². The molecule has 122 valence electrons. The van der Waals surface area contributed by atoms with Crippen LogP contribution in [0.4, 0.5) is 4.79 Å². The predicted molar refractivity (Wildman–Crippen MR) is 82.4 cm³/mol. The van der Waals surface area contributed by atoms with Crippen LogP contribution in [-0.4, -0.2) is 58.3 Å². The smallest absolute Gasteiger partial charge is 0.325 e. The number of hydrogen-bond donors (Lipinski definition) is 1. The van der Waals surface area contributed by atoms with E-state index in [9.17, 15) is 14.4 Å². The third-order valence-corrected chi connectivity index (χ3v) is 4.44. The Balaban J connectivity index is 1.56. The Labute approximate surface area is 134 Å². The molecule has 2 aliphatic heterocycles. The number of aromatic nitrogens is 1.